The molecular weight excluding hydrogens is 417 g/mol. The molecular formula is C24H25Cl2N3O. The number of carbonyl (C=O) groups is 1. The number of anilines is 2. The SMILES string of the molecule is Cc1cc2c(cc1/C=C(/C#N)C(=O)Nc1ccc(Cl)cc1Cl)C(C)CC(C)(C)N2C. The topological polar surface area (TPSA) is 56.1 Å². The zero-order valence-corrected chi connectivity index (χ0v) is 19.3. The lowest BCUT2D eigenvalue weighted by Crippen LogP contribution is -2.45. The van der Waals surface area contributed by atoms with Gasteiger partial charge in [-0.15, -0.1) is 0 Å². The number of aryl methyl sites for hydroxylation is 1. The second-order valence-electron chi connectivity index (χ2n) is 8.49. The van der Waals surface area contributed by atoms with Gasteiger partial charge in [-0.1, -0.05) is 30.1 Å². The molecule has 6 heteroatoms. The number of carbonyl (C=O) groups excluding carboxylic acids is 1. The first kappa shape index (κ1) is 22.2. The highest BCUT2D eigenvalue weighted by atomic mass is 35.5. The van der Waals surface area contributed by atoms with Gasteiger partial charge in [0.25, 0.3) is 5.91 Å². The van der Waals surface area contributed by atoms with Gasteiger partial charge in [0, 0.05) is 23.3 Å². The number of fused-ring (bicyclic) bond motifs is 1. The van der Waals surface area contributed by atoms with Gasteiger partial charge >= 0.3 is 0 Å². The van der Waals surface area contributed by atoms with Crippen molar-refractivity contribution in [2.45, 2.75) is 45.6 Å². The summed E-state index contributed by atoms with van der Waals surface area (Å²) in [4.78, 5) is 15.0. The number of halogens is 2. The Morgan fingerprint density at radius 1 is 1.30 bits per heavy atom. The lowest BCUT2D eigenvalue weighted by Gasteiger charge is -2.45. The van der Waals surface area contributed by atoms with Crippen molar-refractivity contribution in [1.82, 2.24) is 0 Å². The van der Waals surface area contributed by atoms with Crippen molar-refractivity contribution in [2.75, 3.05) is 17.3 Å². The van der Waals surface area contributed by atoms with E-state index in [2.05, 4.69) is 50.2 Å². The van der Waals surface area contributed by atoms with Crippen LogP contribution in [0, 0.1) is 18.3 Å². The van der Waals surface area contributed by atoms with E-state index in [1.165, 1.54) is 11.3 Å². The molecule has 0 fully saturated rings. The zero-order chi connectivity index (χ0) is 22.2. The molecule has 1 amide bonds. The first-order chi connectivity index (χ1) is 14.0. The Hall–Kier alpha value is -2.48. The summed E-state index contributed by atoms with van der Waals surface area (Å²) >= 11 is 12.0. The molecule has 0 bridgehead atoms. The summed E-state index contributed by atoms with van der Waals surface area (Å²) in [5, 5.41) is 13.1. The molecule has 4 nitrogen and oxygen atoms in total. The van der Waals surface area contributed by atoms with Gasteiger partial charge in [-0.25, -0.2) is 0 Å². The van der Waals surface area contributed by atoms with Gasteiger partial charge in [0.2, 0.25) is 0 Å². The number of benzene rings is 2. The number of rotatable bonds is 3. The summed E-state index contributed by atoms with van der Waals surface area (Å²) in [6, 6.07) is 11.0. The Bertz CT molecular complexity index is 1080. The number of nitrogens with one attached hydrogen (secondary N) is 1. The number of nitrogens with zero attached hydrogens (tertiary/aromatic N) is 2. The van der Waals surface area contributed by atoms with E-state index in [-0.39, 0.29) is 11.1 Å². The summed E-state index contributed by atoms with van der Waals surface area (Å²) in [5.41, 5.74) is 4.80. The average molecular weight is 442 g/mol. The maximum absolute atomic E-state index is 12.7. The lowest BCUT2D eigenvalue weighted by molar-refractivity contribution is -0.112. The van der Waals surface area contributed by atoms with Crippen LogP contribution in [0.15, 0.2) is 35.9 Å². The average Bonchev–Trinajstić information content (AvgIpc) is 2.66. The van der Waals surface area contributed by atoms with Crippen LogP contribution in [0.3, 0.4) is 0 Å². The number of amides is 1. The van der Waals surface area contributed by atoms with Crippen LogP contribution >= 0.6 is 23.2 Å². The van der Waals surface area contributed by atoms with E-state index in [1.54, 1.807) is 24.3 Å². The number of hydrogen-bond donors (Lipinski definition) is 1. The van der Waals surface area contributed by atoms with Crippen molar-refractivity contribution >= 4 is 46.6 Å². The summed E-state index contributed by atoms with van der Waals surface area (Å²) in [6.07, 6.45) is 2.67. The van der Waals surface area contributed by atoms with Crippen LogP contribution in [0.25, 0.3) is 6.08 Å². The van der Waals surface area contributed by atoms with Gasteiger partial charge in [0.15, 0.2) is 0 Å². The summed E-state index contributed by atoms with van der Waals surface area (Å²) < 4.78 is 0. The highest BCUT2D eigenvalue weighted by Crippen LogP contribution is 2.43. The van der Waals surface area contributed by atoms with Gasteiger partial charge in [-0.05, 0) is 86.2 Å². The molecule has 2 aromatic rings. The summed E-state index contributed by atoms with van der Waals surface area (Å²) in [7, 11) is 2.11. The molecule has 1 aliphatic rings. The first-order valence-electron chi connectivity index (χ1n) is 9.80. The van der Waals surface area contributed by atoms with Crippen molar-refractivity contribution in [3.63, 3.8) is 0 Å². The summed E-state index contributed by atoms with van der Waals surface area (Å²) in [6.45, 7) is 8.71. The normalized spacial score (nSPS) is 17.9. The van der Waals surface area contributed by atoms with Crippen LogP contribution in [-0.2, 0) is 4.79 Å². The molecule has 30 heavy (non-hydrogen) atoms. The molecule has 0 spiro atoms. The molecule has 0 aromatic heterocycles. The van der Waals surface area contributed by atoms with Crippen molar-refractivity contribution in [1.29, 1.82) is 5.26 Å². The first-order valence-corrected chi connectivity index (χ1v) is 10.6. The predicted octanol–water partition coefficient (Wildman–Crippen LogP) is 6.57. The van der Waals surface area contributed by atoms with E-state index in [0.29, 0.717) is 21.7 Å². The number of hydrogen-bond acceptors (Lipinski definition) is 3. The Balaban J connectivity index is 1.96. The third-order valence-electron chi connectivity index (χ3n) is 5.87. The van der Waals surface area contributed by atoms with E-state index in [1.807, 2.05) is 13.0 Å². The molecule has 1 unspecified atom stereocenters. The second kappa shape index (κ2) is 8.34. The monoisotopic (exact) mass is 441 g/mol. The molecule has 0 saturated heterocycles. The Kier molecular flexibility index (Phi) is 6.17. The maximum Gasteiger partial charge on any atom is 0.266 e. The minimum atomic E-state index is -0.509. The Morgan fingerprint density at radius 3 is 2.63 bits per heavy atom. The van der Waals surface area contributed by atoms with E-state index in [9.17, 15) is 10.1 Å². The van der Waals surface area contributed by atoms with Crippen LogP contribution in [-0.4, -0.2) is 18.5 Å². The fourth-order valence-electron chi connectivity index (χ4n) is 3.97. The fraction of sp³-hybridized carbons (Fsp3) is 0.333. The number of nitriles is 1. The second-order valence-corrected chi connectivity index (χ2v) is 9.34. The molecule has 156 valence electrons. The van der Waals surface area contributed by atoms with Crippen LogP contribution in [0.4, 0.5) is 11.4 Å². The molecule has 0 radical (unpaired) electrons. The van der Waals surface area contributed by atoms with Crippen molar-refractivity contribution < 1.29 is 4.79 Å². The van der Waals surface area contributed by atoms with Crippen molar-refractivity contribution in [3.05, 3.63) is 62.6 Å². The Labute approximate surface area is 188 Å². The molecule has 3 rings (SSSR count). The standard InChI is InChI=1S/C24H25Cl2N3O/c1-14-8-22-19(15(2)12-24(3,4)29(22)5)10-16(14)9-17(13-27)23(30)28-21-7-6-18(25)11-20(21)26/h6-11,15H,12H2,1-5H3,(H,28,30)/b17-9-. The Morgan fingerprint density at radius 2 is 2.00 bits per heavy atom. The molecule has 0 saturated carbocycles. The summed E-state index contributed by atoms with van der Waals surface area (Å²) in [5.74, 6) is -0.128. The quantitative estimate of drug-likeness (QED) is 0.432. The highest BCUT2D eigenvalue weighted by molar-refractivity contribution is 6.36. The van der Waals surface area contributed by atoms with Gasteiger partial charge in [0.1, 0.15) is 11.6 Å². The van der Waals surface area contributed by atoms with Crippen LogP contribution < -0.4 is 10.2 Å². The predicted molar refractivity (Wildman–Crippen MR) is 125 cm³/mol. The van der Waals surface area contributed by atoms with Gasteiger partial charge < -0.3 is 10.2 Å². The molecule has 1 heterocycles. The fourth-order valence-corrected chi connectivity index (χ4v) is 4.43. The van der Waals surface area contributed by atoms with E-state index in [0.717, 1.165) is 17.5 Å². The smallest absolute Gasteiger partial charge is 0.266 e. The van der Waals surface area contributed by atoms with Crippen molar-refractivity contribution in [3.8, 4) is 6.07 Å². The van der Waals surface area contributed by atoms with Gasteiger partial charge in [-0.2, -0.15) is 5.26 Å². The van der Waals surface area contributed by atoms with E-state index < -0.39 is 5.91 Å². The molecule has 0 aliphatic carbocycles. The zero-order valence-electron chi connectivity index (χ0n) is 17.8. The van der Waals surface area contributed by atoms with Crippen LogP contribution in [0.2, 0.25) is 10.0 Å². The van der Waals surface area contributed by atoms with Crippen LogP contribution in [0.5, 0.6) is 0 Å². The van der Waals surface area contributed by atoms with E-state index in [4.69, 9.17) is 23.2 Å². The van der Waals surface area contributed by atoms with Crippen molar-refractivity contribution in [2.24, 2.45) is 0 Å². The molecule has 1 N–H and O–H groups in total. The minimum absolute atomic E-state index is 0.0150. The van der Waals surface area contributed by atoms with E-state index >= 15 is 0 Å². The largest absolute Gasteiger partial charge is 0.369 e. The molecule has 2 aromatic carbocycles. The molecule has 1 aliphatic heterocycles. The third kappa shape index (κ3) is 4.33. The van der Waals surface area contributed by atoms with Gasteiger partial charge in [0.05, 0.1) is 10.7 Å². The highest BCUT2D eigenvalue weighted by Gasteiger charge is 2.34. The maximum atomic E-state index is 12.7. The third-order valence-corrected chi connectivity index (χ3v) is 6.41. The lowest BCUT2D eigenvalue weighted by atomic mass is 9.79. The molecule has 1 atom stereocenters. The van der Waals surface area contributed by atoms with Gasteiger partial charge in [-0.3, -0.25) is 4.79 Å². The van der Waals surface area contributed by atoms with Crippen LogP contribution in [0.1, 0.15) is 49.8 Å². The minimum Gasteiger partial charge on any atom is -0.369 e.